The number of esters is 1. The van der Waals surface area contributed by atoms with Gasteiger partial charge in [0.05, 0.1) is 16.6 Å². The summed E-state index contributed by atoms with van der Waals surface area (Å²) in [4.78, 5) is 57.9. The molecule has 10 heteroatoms. The fraction of sp³-hybridized carbons (Fsp3) is 0.516. The van der Waals surface area contributed by atoms with Gasteiger partial charge in [0.1, 0.15) is 24.2 Å². The first-order chi connectivity index (χ1) is 19.4. The maximum absolute atomic E-state index is 13.5. The van der Waals surface area contributed by atoms with Crippen LogP contribution >= 0.6 is 0 Å². The van der Waals surface area contributed by atoms with Crippen LogP contribution in [0.4, 0.5) is 0 Å². The van der Waals surface area contributed by atoms with Crippen molar-refractivity contribution in [3.05, 3.63) is 47.7 Å². The van der Waals surface area contributed by atoms with Crippen molar-refractivity contribution in [2.24, 2.45) is 11.3 Å². The average molecular weight is 564 g/mol. The van der Waals surface area contributed by atoms with Crippen LogP contribution in [0.1, 0.15) is 78.2 Å². The third-order valence-corrected chi connectivity index (χ3v) is 8.05. The van der Waals surface area contributed by atoms with Crippen LogP contribution in [-0.2, 0) is 23.9 Å². The Labute approximate surface area is 241 Å². The van der Waals surface area contributed by atoms with E-state index in [1.54, 1.807) is 13.8 Å². The molecule has 5 bridgehead atoms. The van der Waals surface area contributed by atoms with Gasteiger partial charge >= 0.3 is 5.97 Å². The van der Waals surface area contributed by atoms with E-state index < -0.39 is 41.5 Å². The van der Waals surface area contributed by atoms with Crippen LogP contribution in [0.25, 0.3) is 17.0 Å². The number of benzene rings is 1. The van der Waals surface area contributed by atoms with Crippen LogP contribution in [0.3, 0.4) is 0 Å². The van der Waals surface area contributed by atoms with E-state index in [9.17, 15) is 19.2 Å². The van der Waals surface area contributed by atoms with Gasteiger partial charge in [-0.25, -0.2) is 10.4 Å². The molecule has 2 aliphatic heterocycles. The fourth-order valence-corrected chi connectivity index (χ4v) is 4.99. The predicted octanol–water partition coefficient (Wildman–Crippen LogP) is 3.42. The first-order valence-electron chi connectivity index (χ1n) is 14.4. The Morgan fingerprint density at radius 3 is 2.54 bits per heavy atom. The van der Waals surface area contributed by atoms with Gasteiger partial charge in [0, 0.05) is 11.9 Å². The monoisotopic (exact) mass is 563 g/mol. The van der Waals surface area contributed by atoms with Gasteiger partial charge in [0.15, 0.2) is 0 Å². The van der Waals surface area contributed by atoms with Gasteiger partial charge in [-0.15, -0.1) is 0 Å². The Balaban J connectivity index is 1.72. The maximum atomic E-state index is 13.5. The Morgan fingerprint density at radius 2 is 1.83 bits per heavy atom. The fourth-order valence-electron chi connectivity index (χ4n) is 4.99. The molecule has 5 atom stereocenters. The van der Waals surface area contributed by atoms with Crippen molar-refractivity contribution in [1.82, 2.24) is 26.1 Å². The number of nitrogens with zero attached hydrogens (tertiary/aromatic N) is 2. The number of cyclic esters (lactones) is 1. The standard InChI is InChI=1S/C31H41N5O5/c1-7-31(6)15-14-21-10-11-22-12-13-23(33-25(22)17-21)20(5)41-29(39)24-9-8-16-36(35-24)28(38)19(4)32-27(37)26(18(2)3)34-30(31)40/h10-15,17-20,24,26,35H,7-9,16H2,1-6H3,(H,32,37)(H,34,40)/b15-14+/t19-,20+,24-,26-,31-/m0/s1. The first kappa shape index (κ1) is 30.2. The third-order valence-electron chi connectivity index (χ3n) is 8.05. The van der Waals surface area contributed by atoms with Crippen molar-refractivity contribution in [3.8, 4) is 0 Å². The molecule has 41 heavy (non-hydrogen) atoms. The number of hydrazine groups is 1. The minimum Gasteiger partial charge on any atom is -0.455 e. The highest BCUT2D eigenvalue weighted by Gasteiger charge is 2.36. The molecular weight excluding hydrogens is 522 g/mol. The van der Waals surface area contributed by atoms with E-state index in [1.807, 2.05) is 70.2 Å². The Hall–Kier alpha value is -3.79. The van der Waals surface area contributed by atoms with Crippen molar-refractivity contribution in [2.45, 2.75) is 85.0 Å². The van der Waals surface area contributed by atoms with Crippen molar-refractivity contribution in [2.75, 3.05) is 6.54 Å². The molecule has 0 saturated carbocycles. The number of amides is 3. The number of carbonyl (C=O) groups excluding carboxylic acids is 4. The van der Waals surface area contributed by atoms with Gasteiger partial charge in [-0.05, 0) is 63.6 Å². The molecule has 220 valence electrons. The number of hydrogen-bond acceptors (Lipinski definition) is 7. The summed E-state index contributed by atoms with van der Waals surface area (Å²) in [5.74, 6) is -1.79. The smallest absolute Gasteiger partial charge is 0.325 e. The molecule has 0 unspecified atom stereocenters. The molecule has 4 rings (SSSR count). The molecule has 1 aromatic carbocycles. The van der Waals surface area contributed by atoms with Gasteiger partial charge in [-0.1, -0.05) is 51.1 Å². The minimum atomic E-state index is -0.882. The van der Waals surface area contributed by atoms with Crippen LogP contribution < -0.4 is 16.1 Å². The predicted molar refractivity (Wildman–Crippen MR) is 156 cm³/mol. The summed E-state index contributed by atoms with van der Waals surface area (Å²) >= 11 is 0. The number of hydrogen-bond donors (Lipinski definition) is 3. The number of fused-ring (bicyclic) bond motifs is 4. The molecule has 3 heterocycles. The van der Waals surface area contributed by atoms with E-state index >= 15 is 0 Å². The first-order valence-corrected chi connectivity index (χ1v) is 14.4. The van der Waals surface area contributed by atoms with E-state index in [-0.39, 0.29) is 17.7 Å². The Morgan fingerprint density at radius 1 is 1.10 bits per heavy atom. The number of carbonyl (C=O) groups is 4. The molecule has 0 spiro atoms. The lowest BCUT2D eigenvalue weighted by atomic mass is 9.84. The Kier molecular flexibility index (Phi) is 9.11. The highest BCUT2D eigenvalue weighted by molar-refractivity contribution is 5.94. The molecule has 2 aliphatic rings. The van der Waals surface area contributed by atoms with E-state index in [4.69, 9.17) is 9.72 Å². The lowest BCUT2D eigenvalue weighted by molar-refractivity contribution is -0.157. The molecule has 10 nitrogen and oxygen atoms in total. The normalized spacial score (nSPS) is 29.2. The van der Waals surface area contributed by atoms with Gasteiger partial charge < -0.3 is 15.4 Å². The molecule has 1 fully saturated rings. The number of rotatable bonds is 2. The largest absolute Gasteiger partial charge is 0.455 e. The van der Waals surface area contributed by atoms with E-state index in [0.29, 0.717) is 31.5 Å². The second kappa shape index (κ2) is 12.4. The SMILES string of the molecule is CC[C@@]1(C)/C=C/c2ccc3ccc(nc3c2)[C@@H](C)OC(=O)[C@@H]2CCCN(N2)C(=O)[C@H](C)NC(=O)[C@H](C(C)C)NC1=O. The average Bonchev–Trinajstić information content (AvgIpc) is 2.96. The van der Waals surface area contributed by atoms with Crippen LogP contribution in [0.5, 0.6) is 0 Å². The molecular formula is C31H41N5O5. The maximum Gasteiger partial charge on any atom is 0.325 e. The summed E-state index contributed by atoms with van der Waals surface area (Å²) in [5, 5.41) is 7.98. The summed E-state index contributed by atoms with van der Waals surface area (Å²) in [6, 6.07) is 7.19. The summed E-state index contributed by atoms with van der Waals surface area (Å²) < 4.78 is 5.76. The number of aromatic nitrogens is 1. The molecule has 0 radical (unpaired) electrons. The molecule has 1 saturated heterocycles. The lowest BCUT2D eigenvalue weighted by Crippen LogP contribution is -2.61. The molecule has 2 aromatic rings. The van der Waals surface area contributed by atoms with Crippen molar-refractivity contribution in [3.63, 3.8) is 0 Å². The second-order valence-electron chi connectivity index (χ2n) is 11.6. The van der Waals surface area contributed by atoms with Gasteiger partial charge in [0.25, 0.3) is 5.91 Å². The van der Waals surface area contributed by atoms with E-state index in [2.05, 4.69) is 16.1 Å². The van der Waals surface area contributed by atoms with Gasteiger partial charge in [-0.3, -0.25) is 24.2 Å². The molecule has 1 aromatic heterocycles. The summed E-state index contributed by atoms with van der Waals surface area (Å²) in [5.41, 5.74) is 4.30. The van der Waals surface area contributed by atoms with Crippen molar-refractivity contribution < 1.29 is 23.9 Å². The zero-order valence-electron chi connectivity index (χ0n) is 24.7. The number of nitrogens with one attached hydrogen (secondary N) is 3. The quantitative estimate of drug-likeness (QED) is 0.478. The number of ether oxygens (including phenoxy) is 1. The highest BCUT2D eigenvalue weighted by atomic mass is 16.5. The Bertz CT molecular complexity index is 1360. The van der Waals surface area contributed by atoms with Crippen molar-refractivity contribution >= 4 is 40.7 Å². The zero-order valence-corrected chi connectivity index (χ0v) is 24.7. The molecule has 3 N–H and O–H groups in total. The zero-order chi connectivity index (χ0) is 29.9. The topological polar surface area (TPSA) is 130 Å². The van der Waals surface area contributed by atoms with Crippen LogP contribution in [-0.4, -0.2) is 58.4 Å². The van der Waals surface area contributed by atoms with Gasteiger partial charge in [0.2, 0.25) is 11.8 Å². The molecule has 0 aliphatic carbocycles. The summed E-state index contributed by atoms with van der Waals surface area (Å²) in [7, 11) is 0. The van der Waals surface area contributed by atoms with Crippen molar-refractivity contribution in [1.29, 1.82) is 0 Å². The summed E-state index contributed by atoms with van der Waals surface area (Å²) in [6.07, 6.45) is 4.74. The van der Waals surface area contributed by atoms with E-state index in [1.165, 1.54) is 5.01 Å². The molecule has 3 amide bonds. The highest BCUT2D eigenvalue weighted by Crippen LogP contribution is 2.27. The third kappa shape index (κ3) is 6.75. The number of pyridine rings is 1. The minimum absolute atomic E-state index is 0.219. The summed E-state index contributed by atoms with van der Waals surface area (Å²) in [6.45, 7) is 11.2. The van der Waals surface area contributed by atoms with Crippen LogP contribution in [0, 0.1) is 11.3 Å². The van der Waals surface area contributed by atoms with Crippen LogP contribution in [0.15, 0.2) is 36.4 Å². The van der Waals surface area contributed by atoms with Gasteiger partial charge in [-0.2, -0.15) is 0 Å². The van der Waals surface area contributed by atoms with Crippen LogP contribution in [0.2, 0.25) is 0 Å². The van der Waals surface area contributed by atoms with E-state index in [0.717, 1.165) is 16.5 Å². The lowest BCUT2D eigenvalue weighted by Gasteiger charge is -2.35. The second-order valence-corrected chi connectivity index (χ2v) is 11.6.